The van der Waals surface area contributed by atoms with Gasteiger partial charge in [0, 0.05) is 16.0 Å². The first kappa shape index (κ1) is 13.0. The molecule has 4 heteroatoms. The van der Waals surface area contributed by atoms with Crippen LogP contribution in [-0.4, -0.2) is 30.6 Å². The summed E-state index contributed by atoms with van der Waals surface area (Å²) in [6, 6.07) is 5.54. The smallest absolute Gasteiger partial charge is 0.0816 e. The molecule has 0 aliphatic rings. The molecule has 0 radical (unpaired) electrons. The Labute approximate surface area is 104 Å². The largest absolute Gasteiger partial charge is 0.388 e. The third kappa shape index (κ3) is 4.11. The molecule has 0 amide bonds. The topological polar surface area (TPSA) is 23.5 Å². The highest BCUT2D eigenvalue weighted by molar-refractivity contribution is 9.10. The van der Waals surface area contributed by atoms with Crippen molar-refractivity contribution in [3.63, 3.8) is 0 Å². The van der Waals surface area contributed by atoms with Crippen LogP contribution in [-0.2, 0) is 0 Å². The van der Waals surface area contributed by atoms with E-state index in [1.165, 1.54) is 0 Å². The fourth-order valence-electron chi connectivity index (χ4n) is 1.31. The van der Waals surface area contributed by atoms with Crippen LogP contribution in [0.2, 0.25) is 5.02 Å². The summed E-state index contributed by atoms with van der Waals surface area (Å²) in [6.45, 7) is 0.841. The molecule has 1 aromatic rings. The minimum atomic E-state index is -0.493. The number of nitrogens with zero attached hydrogens (tertiary/aromatic N) is 1. The summed E-state index contributed by atoms with van der Waals surface area (Å²) >= 11 is 9.37. The molecule has 15 heavy (non-hydrogen) atoms. The van der Waals surface area contributed by atoms with Crippen LogP contribution < -0.4 is 0 Å². The Kier molecular flexibility index (Phi) is 5.06. The summed E-state index contributed by atoms with van der Waals surface area (Å²) < 4.78 is 0.927. The van der Waals surface area contributed by atoms with Crippen LogP contribution in [0.5, 0.6) is 0 Å². The highest BCUT2D eigenvalue weighted by atomic mass is 79.9. The van der Waals surface area contributed by atoms with Gasteiger partial charge in [-0.1, -0.05) is 33.6 Å². The number of rotatable bonds is 4. The fourth-order valence-corrected chi connectivity index (χ4v) is 2.11. The Balaban J connectivity index is 2.69. The predicted octanol–water partition coefficient (Wildman–Crippen LogP) is 3.09. The standard InChI is InChI=1S/C11H15BrClNO/c1-14(2)6-5-11(15)9-4-3-8(12)7-10(9)13/h3-4,7,11,15H,5-6H2,1-2H3. The number of benzene rings is 1. The lowest BCUT2D eigenvalue weighted by atomic mass is 10.1. The van der Waals surface area contributed by atoms with E-state index in [0.717, 1.165) is 16.6 Å². The predicted molar refractivity (Wildman–Crippen MR) is 67.3 cm³/mol. The van der Waals surface area contributed by atoms with E-state index in [4.69, 9.17) is 11.6 Å². The molecule has 84 valence electrons. The average molecular weight is 293 g/mol. The van der Waals surface area contributed by atoms with E-state index in [2.05, 4.69) is 15.9 Å². The van der Waals surface area contributed by atoms with Gasteiger partial charge in [0.1, 0.15) is 0 Å². The Morgan fingerprint density at radius 3 is 2.67 bits per heavy atom. The highest BCUT2D eigenvalue weighted by Crippen LogP contribution is 2.28. The first-order chi connectivity index (χ1) is 7.00. The van der Waals surface area contributed by atoms with Crippen molar-refractivity contribution in [1.82, 2.24) is 4.90 Å². The third-order valence-electron chi connectivity index (χ3n) is 2.17. The molecule has 0 saturated heterocycles. The number of halogens is 2. The van der Waals surface area contributed by atoms with Gasteiger partial charge in [0.2, 0.25) is 0 Å². The van der Waals surface area contributed by atoms with Crippen molar-refractivity contribution in [2.24, 2.45) is 0 Å². The van der Waals surface area contributed by atoms with E-state index in [1.807, 2.05) is 31.1 Å². The first-order valence-corrected chi connectivity index (χ1v) is 5.95. The van der Waals surface area contributed by atoms with Crippen LogP contribution in [0, 0.1) is 0 Å². The lowest BCUT2D eigenvalue weighted by Crippen LogP contribution is -2.16. The molecule has 0 spiro atoms. The van der Waals surface area contributed by atoms with Crippen molar-refractivity contribution in [1.29, 1.82) is 0 Å². The second-order valence-corrected chi connectivity index (χ2v) is 5.10. The quantitative estimate of drug-likeness (QED) is 0.922. The lowest BCUT2D eigenvalue weighted by molar-refractivity contribution is 0.154. The molecule has 1 atom stereocenters. The van der Waals surface area contributed by atoms with Crippen LogP contribution in [0.15, 0.2) is 22.7 Å². The molecule has 1 unspecified atom stereocenters. The zero-order chi connectivity index (χ0) is 11.4. The number of aliphatic hydroxyl groups excluding tert-OH is 1. The molecule has 0 aliphatic heterocycles. The molecule has 0 heterocycles. The monoisotopic (exact) mass is 291 g/mol. The molecule has 1 aromatic carbocycles. The van der Waals surface area contributed by atoms with Gasteiger partial charge in [0.25, 0.3) is 0 Å². The molecule has 0 aliphatic carbocycles. The number of hydrogen-bond acceptors (Lipinski definition) is 2. The van der Waals surface area contributed by atoms with Crippen LogP contribution in [0.25, 0.3) is 0 Å². The normalized spacial score (nSPS) is 13.2. The van der Waals surface area contributed by atoms with Crippen molar-refractivity contribution in [2.75, 3.05) is 20.6 Å². The summed E-state index contributed by atoms with van der Waals surface area (Å²) in [7, 11) is 3.96. The summed E-state index contributed by atoms with van der Waals surface area (Å²) in [6.07, 6.45) is 0.196. The van der Waals surface area contributed by atoms with E-state index < -0.39 is 6.10 Å². The third-order valence-corrected chi connectivity index (χ3v) is 2.99. The van der Waals surface area contributed by atoms with Crippen molar-refractivity contribution < 1.29 is 5.11 Å². The Bertz CT molecular complexity index is 330. The molecular weight excluding hydrogens is 277 g/mol. The zero-order valence-corrected chi connectivity index (χ0v) is 11.2. The minimum Gasteiger partial charge on any atom is -0.388 e. The lowest BCUT2D eigenvalue weighted by Gasteiger charge is -2.15. The molecular formula is C11H15BrClNO. The fraction of sp³-hybridized carbons (Fsp3) is 0.455. The molecule has 0 aromatic heterocycles. The van der Waals surface area contributed by atoms with Gasteiger partial charge in [-0.05, 0) is 38.2 Å². The second-order valence-electron chi connectivity index (χ2n) is 3.77. The maximum atomic E-state index is 9.91. The second kappa shape index (κ2) is 5.85. The molecule has 2 nitrogen and oxygen atoms in total. The van der Waals surface area contributed by atoms with E-state index in [0.29, 0.717) is 11.4 Å². The first-order valence-electron chi connectivity index (χ1n) is 4.78. The maximum Gasteiger partial charge on any atom is 0.0816 e. The minimum absolute atomic E-state index is 0.493. The molecule has 1 rings (SSSR count). The van der Waals surface area contributed by atoms with E-state index >= 15 is 0 Å². The highest BCUT2D eigenvalue weighted by Gasteiger charge is 2.11. The summed E-state index contributed by atoms with van der Waals surface area (Å²) in [5.41, 5.74) is 0.793. The maximum absolute atomic E-state index is 9.91. The SMILES string of the molecule is CN(C)CCC(O)c1ccc(Br)cc1Cl. The summed E-state index contributed by atoms with van der Waals surface area (Å²) in [4.78, 5) is 2.04. The molecule has 0 saturated carbocycles. The van der Waals surface area contributed by atoms with Crippen LogP contribution in [0.1, 0.15) is 18.1 Å². The van der Waals surface area contributed by atoms with Gasteiger partial charge in [-0.25, -0.2) is 0 Å². The number of aliphatic hydroxyl groups is 1. The van der Waals surface area contributed by atoms with Crippen LogP contribution in [0.3, 0.4) is 0 Å². The summed E-state index contributed by atoms with van der Waals surface area (Å²) in [5, 5.41) is 10.5. The summed E-state index contributed by atoms with van der Waals surface area (Å²) in [5.74, 6) is 0. The van der Waals surface area contributed by atoms with Gasteiger partial charge < -0.3 is 10.0 Å². The van der Waals surface area contributed by atoms with Crippen molar-refractivity contribution in [3.05, 3.63) is 33.3 Å². The number of hydrogen-bond donors (Lipinski definition) is 1. The van der Waals surface area contributed by atoms with Crippen molar-refractivity contribution >= 4 is 27.5 Å². The van der Waals surface area contributed by atoms with E-state index in [1.54, 1.807) is 6.07 Å². The zero-order valence-electron chi connectivity index (χ0n) is 8.87. The average Bonchev–Trinajstić information content (AvgIpc) is 2.14. The Morgan fingerprint density at radius 1 is 1.47 bits per heavy atom. The van der Waals surface area contributed by atoms with E-state index in [-0.39, 0.29) is 0 Å². The molecule has 0 bridgehead atoms. The van der Waals surface area contributed by atoms with Gasteiger partial charge in [0.05, 0.1) is 6.10 Å². The van der Waals surface area contributed by atoms with Crippen LogP contribution >= 0.6 is 27.5 Å². The van der Waals surface area contributed by atoms with Crippen molar-refractivity contribution in [3.8, 4) is 0 Å². The van der Waals surface area contributed by atoms with Crippen LogP contribution in [0.4, 0.5) is 0 Å². The van der Waals surface area contributed by atoms with Gasteiger partial charge in [-0.15, -0.1) is 0 Å². The molecule has 0 fully saturated rings. The Morgan fingerprint density at radius 2 is 2.13 bits per heavy atom. The molecule has 1 N–H and O–H groups in total. The van der Waals surface area contributed by atoms with Gasteiger partial charge >= 0.3 is 0 Å². The Hall–Kier alpha value is -0.0900. The van der Waals surface area contributed by atoms with E-state index in [9.17, 15) is 5.11 Å². The van der Waals surface area contributed by atoms with Gasteiger partial charge in [0.15, 0.2) is 0 Å². The van der Waals surface area contributed by atoms with Gasteiger partial charge in [-0.3, -0.25) is 0 Å². The van der Waals surface area contributed by atoms with Gasteiger partial charge in [-0.2, -0.15) is 0 Å². The van der Waals surface area contributed by atoms with Crippen molar-refractivity contribution in [2.45, 2.75) is 12.5 Å².